The number of thiophene rings is 1. The number of benzene rings is 13. The van der Waals surface area contributed by atoms with Crippen LogP contribution in [0.1, 0.15) is 0 Å². The first-order chi connectivity index (χ1) is 43.7. The molecule has 0 N–H and O–H groups in total. The summed E-state index contributed by atoms with van der Waals surface area (Å²) in [5.41, 5.74) is 1.28. The summed E-state index contributed by atoms with van der Waals surface area (Å²) in [5.74, 6) is 0. The third kappa shape index (κ3) is 18.4. The van der Waals surface area contributed by atoms with E-state index < -0.39 is 31.7 Å². The lowest BCUT2D eigenvalue weighted by molar-refractivity contribution is 1.68. The summed E-state index contributed by atoms with van der Waals surface area (Å²) in [6.07, 6.45) is 0. The van der Waals surface area contributed by atoms with Crippen LogP contribution in [0, 0.1) is 0 Å². The summed E-state index contributed by atoms with van der Waals surface area (Å²) in [5, 5.41) is 18.9. The highest BCUT2D eigenvalue weighted by molar-refractivity contribution is 9.10. The Kier molecular flexibility index (Phi) is 24.9. The van der Waals surface area contributed by atoms with Gasteiger partial charge in [0.2, 0.25) is 0 Å². The van der Waals surface area contributed by atoms with Crippen LogP contribution in [0.4, 0.5) is 0 Å². The first kappa shape index (κ1) is 62.8. The highest BCUT2D eigenvalue weighted by Crippen LogP contribution is 2.36. The van der Waals surface area contributed by atoms with Gasteiger partial charge in [-0.15, -0.1) is 11.3 Å². The highest BCUT2D eigenvalue weighted by atomic mass is 79.9. The van der Waals surface area contributed by atoms with Crippen LogP contribution in [0.25, 0.3) is 10.4 Å². The molecule has 88 heavy (non-hydrogen) atoms. The average Bonchev–Trinajstić information content (AvgIpc) is 4.11. The predicted octanol–water partition coefficient (Wildman–Crippen LogP) is 18.0. The van der Waals surface area contributed by atoms with E-state index in [0.717, 1.165) is 0 Å². The highest BCUT2D eigenvalue weighted by Gasteiger charge is 2.19. The second-order valence-electron chi connectivity index (χ2n) is 19.8. The molecular weight excluding hydrogens is 1220 g/mol. The van der Waals surface area contributed by atoms with Gasteiger partial charge in [0.15, 0.2) is 0 Å². The summed E-state index contributed by atoms with van der Waals surface area (Å²) in [4.78, 5) is 1.30. The van der Waals surface area contributed by atoms with Gasteiger partial charge in [-0.05, 0) is 128 Å². The van der Waals surface area contributed by atoms with Gasteiger partial charge in [0.25, 0.3) is 0 Å². The fourth-order valence-electron chi connectivity index (χ4n) is 9.80. The van der Waals surface area contributed by atoms with Crippen LogP contribution in [0.3, 0.4) is 0 Å². The molecule has 0 aliphatic rings. The minimum Gasteiger partial charge on any atom is -0.143 e. The Balaban J connectivity index is 0.000000122. The van der Waals surface area contributed by atoms with Crippen LogP contribution in [0.2, 0.25) is 0 Å². The Bertz CT molecular complexity index is 3260. The van der Waals surface area contributed by atoms with E-state index in [9.17, 15) is 0 Å². The first-order valence-corrected chi connectivity index (χ1v) is 36.3. The van der Waals surface area contributed by atoms with Crippen LogP contribution >= 0.6 is 59.0 Å². The van der Waals surface area contributed by atoms with E-state index in [0.29, 0.717) is 0 Å². The van der Waals surface area contributed by atoms with Crippen LogP contribution < -0.4 is 63.7 Å². The van der Waals surface area contributed by atoms with E-state index in [4.69, 9.17) is 0 Å². The monoisotopic (exact) mass is 1290 g/mol. The van der Waals surface area contributed by atoms with Crippen molar-refractivity contribution in [1.29, 1.82) is 0 Å². The Labute approximate surface area is 539 Å². The molecule has 6 heteroatoms. The third-order valence-electron chi connectivity index (χ3n) is 13.8. The van der Waals surface area contributed by atoms with Gasteiger partial charge in [0.1, 0.15) is 0 Å². The van der Waals surface area contributed by atoms with Crippen molar-refractivity contribution in [1.82, 2.24) is 0 Å². The summed E-state index contributed by atoms with van der Waals surface area (Å²) >= 11 is 5.27. The van der Waals surface area contributed by atoms with Crippen molar-refractivity contribution in [2.45, 2.75) is 0 Å². The molecule has 0 atom stereocenters. The minimum atomic E-state index is -0.446. The zero-order chi connectivity index (χ0) is 60.1. The van der Waals surface area contributed by atoms with Crippen molar-refractivity contribution < 1.29 is 0 Å². The number of hydrogen-bond acceptors (Lipinski definition) is 1. The van der Waals surface area contributed by atoms with Gasteiger partial charge in [-0.3, -0.25) is 0 Å². The van der Waals surface area contributed by atoms with Crippen molar-refractivity contribution in [3.63, 3.8) is 0 Å². The molecule has 1 aromatic heterocycles. The van der Waals surface area contributed by atoms with E-state index in [1.807, 2.05) is 6.07 Å². The Morgan fingerprint density at radius 1 is 0.170 bits per heavy atom. The molecule has 0 amide bonds. The maximum atomic E-state index is 3.51. The number of halogens is 1. The number of hydrogen-bond donors (Lipinski definition) is 0. The average molecular weight is 1290 g/mol. The van der Waals surface area contributed by atoms with Crippen LogP contribution in [0.5, 0.6) is 0 Å². The summed E-state index contributed by atoms with van der Waals surface area (Å²) in [6, 6.07) is 142. The van der Waals surface area contributed by atoms with Gasteiger partial charge in [0.05, 0.1) is 0 Å². The zero-order valence-electron chi connectivity index (χ0n) is 48.8. The lowest BCUT2D eigenvalue weighted by atomic mass is 10.2. The molecule has 0 saturated carbocycles. The van der Waals surface area contributed by atoms with Gasteiger partial charge in [-0.1, -0.05) is 394 Å². The predicted molar refractivity (Wildman–Crippen MR) is 398 cm³/mol. The largest absolute Gasteiger partial charge is 0.143 e. The molecule has 0 nitrogen and oxygen atoms in total. The molecule has 0 aliphatic heterocycles. The van der Waals surface area contributed by atoms with Gasteiger partial charge in [-0.25, -0.2) is 0 Å². The first-order valence-electron chi connectivity index (χ1n) is 29.3. The van der Waals surface area contributed by atoms with Crippen molar-refractivity contribution in [2.75, 3.05) is 0 Å². The minimum absolute atomic E-state index is 0.446. The van der Waals surface area contributed by atoms with E-state index >= 15 is 0 Å². The molecule has 0 radical (unpaired) electrons. The Morgan fingerprint density at radius 2 is 0.307 bits per heavy atom. The van der Waals surface area contributed by atoms with Crippen LogP contribution in [0.15, 0.2) is 410 Å². The van der Waals surface area contributed by atoms with E-state index in [2.05, 4.69) is 416 Å². The summed E-state index contributed by atoms with van der Waals surface area (Å²) in [7, 11) is -1.78. The van der Waals surface area contributed by atoms with Crippen LogP contribution in [-0.4, -0.2) is 0 Å². The number of rotatable bonds is 13. The second-order valence-corrected chi connectivity index (χ2v) is 30.5. The maximum absolute atomic E-state index is 3.51. The SMILES string of the molecule is Brc1ccsc1-c1ccccc1.c1ccc(P(c2ccccc2)c2ccccc2)cc1.c1ccc(P(c2ccccc2)c2ccccc2)cc1.c1ccc(P(c2ccccc2)c2ccccc2)cc1.c1ccc(P(c2ccccc2)c2ccccc2)cc1. The lowest BCUT2D eigenvalue weighted by Crippen LogP contribution is -2.20. The maximum Gasteiger partial charge on any atom is 0.0484 e. The van der Waals surface area contributed by atoms with Gasteiger partial charge in [0, 0.05) is 9.35 Å². The Hall–Kier alpha value is -8.24. The summed E-state index contributed by atoms with van der Waals surface area (Å²) in [6.45, 7) is 0. The molecule has 1 heterocycles. The van der Waals surface area contributed by atoms with Crippen molar-refractivity contribution in [3.8, 4) is 10.4 Å². The molecular formula is C82H67BrP4S. The van der Waals surface area contributed by atoms with Crippen molar-refractivity contribution in [3.05, 3.63) is 410 Å². The quantitative estimate of drug-likeness (QED) is 0.101. The normalized spacial score (nSPS) is 10.5. The molecule has 428 valence electrons. The van der Waals surface area contributed by atoms with Crippen molar-refractivity contribution in [2.24, 2.45) is 0 Å². The van der Waals surface area contributed by atoms with Gasteiger partial charge in [-0.2, -0.15) is 0 Å². The topological polar surface area (TPSA) is 0 Å². The molecule has 14 aromatic rings. The standard InChI is InChI=1S/4C18H15P.C10H7BrS/c4*1-4-10-16(11-5-1)19(17-12-6-2-7-13-17)18-14-8-3-9-15-18;11-9-6-7-12-10(9)8-4-2-1-3-5-8/h4*1-15H;1-7H. The smallest absolute Gasteiger partial charge is 0.0484 e. The molecule has 0 spiro atoms. The van der Waals surface area contributed by atoms with Crippen molar-refractivity contribution >= 4 is 123 Å². The lowest BCUT2D eigenvalue weighted by Gasteiger charge is -2.18. The molecule has 0 aliphatic carbocycles. The molecule has 0 bridgehead atoms. The fourth-order valence-corrected chi connectivity index (χ4v) is 20.6. The van der Waals surface area contributed by atoms with E-state index in [1.165, 1.54) is 78.6 Å². The third-order valence-corrected chi connectivity index (χ3v) is 25.5. The molecule has 0 fully saturated rings. The molecule has 0 unspecified atom stereocenters. The Morgan fingerprint density at radius 3 is 0.432 bits per heavy atom. The molecule has 14 rings (SSSR count). The van der Waals surface area contributed by atoms with E-state index in [1.54, 1.807) is 11.3 Å². The zero-order valence-corrected chi connectivity index (χ0v) is 54.7. The van der Waals surface area contributed by atoms with Gasteiger partial charge < -0.3 is 0 Å². The van der Waals surface area contributed by atoms with Gasteiger partial charge >= 0.3 is 0 Å². The molecule has 13 aromatic carbocycles. The van der Waals surface area contributed by atoms with E-state index in [-0.39, 0.29) is 0 Å². The second kappa shape index (κ2) is 34.9. The fraction of sp³-hybridized carbons (Fsp3) is 0. The van der Waals surface area contributed by atoms with Crippen LogP contribution in [-0.2, 0) is 0 Å². The summed E-state index contributed by atoms with van der Waals surface area (Å²) < 4.78 is 1.18. The molecule has 0 saturated heterocycles.